The molecule has 0 saturated carbocycles. The van der Waals surface area contributed by atoms with Crippen molar-refractivity contribution in [3.05, 3.63) is 65.4 Å². The minimum absolute atomic E-state index is 0.0866. The summed E-state index contributed by atoms with van der Waals surface area (Å²) in [6, 6.07) is 8.87. The van der Waals surface area contributed by atoms with E-state index < -0.39 is 19.4 Å². The van der Waals surface area contributed by atoms with Gasteiger partial charge in [-0.05, 0) is 37.1 Å². The van der Waals surface area contributed by atoms with Gasteiger partial charge in [0.2, 0.25) is 5.82 Å². The Balaban J connectivity index is 1.52. The highest BCUT2D eigenvalue weighted by Gasteiger charge is 2.27. The van der Waals surface area contributed by atoms with Gasteiger partial charge in [-0.2, -0.15) is 18.2 Å². The molecule has 11 heteroatoms. The van der Waals surface area contributed by atoms with Crippen molar-refractivity contribution in [1.29, 1.82) is 0 Å². The predicted molar refractivity (Wildman–Crippen MR) is 108 cm³/mol. The van der Waals surface area contributed by atoms with Crippen molar-refractivity contribution < 1.29 is 27.2 Å². The number of imidazole rings is 1. The van der Waals surface area contributed by atoms with Crippen LogP contribution in [0.5, 0.6) is 0 Å². The number of aromatic nitrogens is 4. The number of halogens is 3. The summed E-state index contributed by atoms with van der Waals surface area (Å²) in [6.45, 7) is 1.87. The number of carbonyl (C=O) groups is 1. The van der Waals surface area contributed by atoms with E-state index in [1.807, 2.05) is 32.2 Å². The molecule has 166 valence electrons. The summed E-state index contributed by atoms with van der Waals surface area (Å²) in [5.41, 5.74) is 3.84. The van der Waals surface area contributed by atoms with Crippen molar-refractivity contribution in [2.45, 2.75) is 26.6 Å². The third kappa shape index (κ3) is 4.78. The maximum absolute atomic E-state index is 12.9. The lowest BCUT2D eigenvalue weighted by Gasteiger charge is -2.09. The van der Waals surface area contributed by atoms with Crippen molar-refractivity contribution in [2.24, 2.45) is 0 Å². The van der Waals surface area contributed by atoms with Crippen LogP contribution in [0.15, 0.2) is 47.2 Å². The molecule has 0 fully saturated rings. The van der Waals surface area contributed by atoms with Crippen LogP contribution in [0.3, 0.4) is 0 Å². The molecule has 0 atom stereocenters. The normalized spacial score (nSPS) is 11.8. The molecule has 1 amide bonds. The summed E-state index contributed by atoms with van der Waals surface area (Å²) in [6.07, 6.45) is -1.12. The van der Waals surface area contributed by atoms with Crippen LogP contribution in [0.25, 0.3) is 17.0 Å². The zero-order chi connectivity index (χ0) is 22.9. The molecule has 0 radical (unpaired) electrons. The second-order valence-electron chi connectivity index (χ2n) is 7.18. The topological polar surface area (TPSA) is 94.6 Å². The monoisotopic (exact) mass is 445 g/mol. The lowest BCUT2D eigenvalue weighted by atomic mass is 10.1. The van der Waals surface area contributed by atoms with Gasteiger partial charge in [-0.1, -0.05) is 23.4 Å². The first-order valence-corrected chi connectivity index (χ1v) is 9.53. The van der Waals surface area contributed by atoms with E-state index in [9.17, 15) is 18.0 Å². The molecule has 3 heterocycles. The summed E-state index contributed by atoms with van der Waals surface area (Å²) in [4.78, 5) is 21.2. The summed E-state index contributed by atoms with van der Waals surface area (Å²) < 4.78 is 47.8. The summed E-state index contributed by atoms with van der Waals surface area (Å²) in [5.74, 6) is -0.272. The zero-order valence-corrected chi connectivity index (χ0v) is 17.1. The van der Waals surface area contributed by atoms with Crippen molar-refractivity contribution in [3.63, 3.8) is 0 Å². The van der Waals surface area contributed by atoms with Gasteiger partial charge >= 0.3 is 6.18 Å². The molecule has 0 bridgehead atoms. The summed E-state index contributed by atoms with van der Waals surface area (Å²) in [5, 5.41) is 6.63. The highest BCUT2D eigenvalue weighted by molar-refractivity contribution is 6.04. The van der Waals surface area contributed by atoms with E-state index >= 15 is 0 Å². The number of aryl methyl sites for hydroxylation is 2. The van der Waals surface area contributed by atoms with Gasteiger partial charge in [0.1, 0.15) is 24.6 Å². The number of ether oxygens (including phenoxy) is 1. The summed E-state index contributed by atoms with van der Waals surface area (Å²) >= 11 is 0. The number of alkyl halides is 3. The number of benzene rings is 1. The van der Waals surface area contributed by atoms with Crippen molar-refractivity contribution in [3.8, 4) is 11.4 Å². The molecule has 1 N–H and O–H groups in total. The number of fused-ring (bicyclic) bond motifs is 1. The average Bonchev–Trinajstić information content (AvgIpc) is 3.35. The Kier molecular flexibility index (Phi) is 5.66. The fourth-order valence-corrected chi connectivity index (χ4v) is 3.02. The number of nitrogens with zero attached hydrogens (tertiary/aromatic N) is 4. The molecular weight excluding hydrogens is 427 g/mol. The fraction of sp³-hybridized carbons (Fsp3) is 0.238. The zero-order valence-electron chi connectivity index (χ0n) is 17.1. The van der Waals surface area contributed by atoms with E-state index in [1.54, 1.807) is 22.6 Å². The van der Waals surface area contributed by atoms with Crippen LogP contribution in [0.2, 0.25) is 0 Å². The Morgan fingerprint density at radius 2 is 2.03 bits per heavy atom. The van der Waals surface area contributed by atoms with Crippen LogP contribution in [-0.2, 0) is 11.3 Å². The van der Waals surface area contributed by atoms with E-state index in [2.05, 4.69) is 25.2 Å². The Hall–Kier alpha value is -3.73. The highest BCUT2D eigenvalue weighted by Crippen LogP contribution is 2.25. The Labute approximate surface area is 180 Å². The molecule has 4 aromatic rings. The minimum atomic E-state index is -4.44. The van der Waals surface area contributed by atoms with E-state index in [1.165, 1.54) is 6.20 Å². The van der Waals surface area contributed by atoms with Crippen molar-refractivity contribution in [2.75, 3.05) is 11.9 Å². The van der Waals surface area contributed by atoms with E-state index in [4.69, 9.17) is 4.52 Å². The minimum Gasteiger partial charge on any atom is -0.362 e. The number of pyridine rings is 1. The SMILES string of the molecule is Cc1ccc2ncc(C(=O)Nc3cc(-c4noc(COCC(F)(F)F)n4)ccc3C)n2c1. The van der Waals surface area contributed by atoms with Crippen LogP contribution in [0.4, 0.5) is 18.9 Å². The predicted octanol–water partition coefficient (Wildman–Crippen LogP) is 4.33. The first kappa shape index (κ1) is 21.5. The average molecular weight is 445 g/mol. The molecule has 0 unspecified atom stereocenters. The lowest BCUT2D eigenvalue weighted by Crippen LogP contribution is -2.16. The molecule has 3 aromatic heterocycles. The lowest BCUT2D eigenvalue weighted by molar-refractivity contribution is -0.178. The molecular formula is C21H18F3N5O3. The first-order chi connectivity index (χ1) is 15.2. The van der Waals surface area contributed by atoms with Crippen LogP contribution in [0.1, 0.15) is 27.5 Å². The molecule has 8 nitrogen and oxygen atoms in total. The van der Waals surface area contributed by atoms with Gasteiger partial charge < -0.3 is 14.6 Å². The molecule has 0 aliphatic carbocycles. The van der Waals surface area contributed by atoms with E-state index in [0.717, 1.165) is 11.1 Å². The molecule has 0 aliphatic rings. The van der Waals surface area contributed by atoms with Gasteiger partial charge in [0.05, 0.1) is 6.20 Å². The smallest absolute Gasteiger partial charge is 0.362 e. The number of hydrogen-bond acceptors (Lipinski definition) is 6. The molecule has 0 spiro atoms. The van der Waals surface area contributed by atoms with Crippen molar-refractivity contribution >= 4 is 17.2 Å². The number of carbonyl (C=O) groups excluding carboxylic acids is 1. The number of rotatable bonds is 6. The third-order valence-corrected chi connectivity index (χ3v) is 4.59. The highest BCUT2D eigenvalue weighted by atomic mass is 19.4. The van der Waals surface area contributed by atoms with Gasteiger partial charge in [0.25, 0.3) is 11.8 Å². The summed E-state index contributed by atoms with van der Waals surface area (Å²) in [7, 11) is 0. The van der Waals surface area contributed by atoms with Crippen LogP contribution in [0, 0.1) is 13.8 Å². The first-order valence-electron chi connectivity index (χ1n) is 9.53. The second kappa shape index (κ2) is 8.42. The second-order valence-corrected chi connectivity index (χ2v) is 7.18. The van der Waals surface area contributed by atoms with Crippen molar-refractivity contribution in [1.82, 2.24) is 19.5 Å². The van der Waals surface area contributed by atoms with Gasteiger partial charge in [0, 0.05) is 17.4 Å². The number of anilines is 1. The molecule has 4 rings (SSSR count). The van der Waals surface area contributed by atoms with E-state index in [0.29, 0.717) is 22.6 Å². The Morgan fingerprint density at radius 3 is 2.81 bits per heavy atom. The largest absolute Gasteiger partial charge is 0.411 e. The molecule has 0 saturated heterocycles. The van der Waals surface area contributed by atoms with Crippen LogP contribution >= 0.6 is 0 Å². The van der Waals surface area contributed by atoms with E-state index in [-0.39, 0.29) is 17.6 Å². The third-order valence-electron chi connectivity index (χ3n) is 4.59. The van der Waals surface area contributed by atoms with Gasteiger partial charge in [-0.25, -0.2) is 4.98 Å². The maximum atomic E-state index is 12.9. The Bertz CT molecular complexity index is 1280. The quantitative estimate of drug-likeness (QED) is 0.475. The fourth-order valence-electron chi connectivity index (χ4n) is 3.02. The number of amides is 1. The van der Waals surface area contributed by atoms with Gasteiger partial charge in [-0.15, -0.1) is 0 Å². The molecule has 1 aromatic carbocycles. The molecule has 32 heavy (non-hydrogen) atoms. The van der Waals surface area contributed by atoms with Gasteiger partial charge in [-0.3, -0.25) is 9.20 Å². The number of nitrogens with one attached hydrogen (secondary N) is 1. The number of hydrogen-bond donors (Lipinski definition) is 1. The maximum Gasteiger partial charge on any atom is 0.411 e. The standard InChI is InChI=1S/C21H18F3N5O3/c1-12-3-6-17-25-8-16(29(17)9-12)20(30)26-15-7-14(5-4-13(15)2)19-27-18(32-28-19)10-31-11-21(22,23)24/h3-9H,10-11H2,1-2H3,(H,26,30). The Morgan fingerprint density at radius 1 is 1.22 bits per heavy atom. The van der Waals surface area contributed by atoms with Crippen LogP contribution < -0.4 is 5.32 Å². The molecule has 0 aliphatic heterocycles. The van der Waals surface area contributed by atoms with Gasteiger partial charge in [0.15, 0.2) is 0 Å². The van der Waals surface area contributed by atoms with Crippen LogP contribution in [-0.4, -0.2) is 38.2 Å².